The zero-order valence-electron chi connectivity index (χ0n) is 11.4. The second kappa shape index (κ2) is 6.07. The van der Waals surface area contributed by atoms with Gasteiger partial charge in [0.25, 0.3) is 0 Å². The summed E-state index contributed by atoms with van der Waals surface area (Å²) >= 11 is 0. The summed E-state index contributed by atoms with van der Waals surface area (Å²) in [6.45, 7) is 0. The van der Waals surface area contributed by atoms with Gasteiger partial charge in [-0.3, -0.25) is 0 Å². The van der Waals surface area contributed by atoms with Gasteiger partial charge in [-0.1, -0.05) is 48.5 Å². The molecular formula is C17H15N3O. The van der Waals surface area contributed by atoms with E-state index in [9.17, 15) is 0 Å². The van der Waals surface area contributed by atoms with E-state index in [4.69, 9.17) is 10.6 Å². The van der Waals surface area contributed by atoms with E-state index in [0.717, 1.165) is 11.3 Å². The molecule has 0 unspecified atom stereocenters. The van der Waals surface area contributed by atoms with Crippen molar-refractivity contribution in [1.29, 1.82) is 0 Å². The topological polar surface area (TPSA) is 60.2 Å². The molecule has 21 heavy (non-hydrogen) atoms. The lowest BCUT2D eigenvalue weighted by molar-refractivity contribution is 0.464. The molecule has 3 aromatic rings. The van der Waals surface area contributed by atoms with Crippen LogP contribution < -0.4 is 16.0 Å². The van der Waals surface area contributed by atoms with Crippen LogP contribution in [0.4, 0.5) is 5.82 Å². The van der Waals surface area contributed by atoms with Crippen molar-refractivity contribution < 1.29 is 4.74 Å². The van der Waals surface area contributed by atoms with E-state index < -0.39 is 0 Å². The maximum absolute atomic E-state index is 5.71. The van der Waals surface area contributed by atoms with Crippen LogP contribution in [0.3, 0.4) is 0 Å². The van der Waals surface area contributed by atoms with Gasteiger partial charge in [0.05, 0.1) is 0 Å². The first-order valence-corrected chi connectivity index (χ1v) is 6.62. The molecule has 0 bridgehead atoms. The molecule has 0 aliphatic rings. The summed E-state index contributed by atoms with van der Waals surface area (Å²) < 4.78 is 5.71. The molecule has 0 atom stereocenters. The largest absolute Gasteiger partial charge is 0.439 e. The summed E-state index contributed by atoms with van der Waals surface area (Å²) in [5.41, 5.74) is 4.82. The fourth-order valence-corrected chi connectivity index (χ4v) is 2.02. The van der Waals surface area contributed by atoms with Crippen LogP contribution in [0.2, 0.25) is 0 Å². The highest BCUT2D eigenvalue weighted by atomic mass is 16.5. The van der Waals surface area contributed by atoms with Crippen LogP contribution in [0.15, 0.2) is 72.8 Å². The summed E-state index contributed by atoms with van der Waals surface area (Å²) in [5, 5.41) is 0. The highest BCUT2D eigenvalue weighted by Gasteiger charge is 2.01. The zero-order chi connectivity index (χ0) is 14.5. The first-order valence-electron chi connectivity index (χ1n) is 6.62. The van der Waals surface area contributed by atoms with E-state index in [-0.39, 0.29) is 0 Å². The van der Waals surface area contributed by atoms with Gasteiger partial charge in [0.2, 0.25) is 5.88 Å². The Balaban J connectivity index is 1.78. The van der Waals surface area contributed by atoms with Crippen LogP contribution in [0.25, 0.3) is 11.1 Å². The lowest BCUT2D eigenvalue weighted by Crippen LogP contribution is -2.08. The van der Waals surface area contributed by atoms with Crippen molar-refractivity contribution in [2.45, 2.75) is 0 Å². The molecule has 0 fully saturated rings. The number of hydrazine groups is 1. The number of anilines is 1. The van der Waals surface area contributed by atoms with Crippen molar-refractivity contribution in [2.24, 2.45) is 5.84 Å². The quantitative estimate of drug-likeness (QED) is 0.562. The lowest BCUT2D eigenvalue weighted by Gasteiger charge is -2.07. The summed E-state index contributed by atoms with van der Waals surface area (Å²) in [6.07, 6.45) is 0. The number of ether oxygens (including phenoxy) is 1. The van der Waals surface area contributed by atoms with Crippen LogP contribution in [0, 0.1) is 0 Å². The molecule has 0 amide bonds. The van der Waals surface area contributed by atoms with Gasteiger partial charge < -0.3 is 10.2 Å². The summed E-state index contributed by atoms with van der Waals surface area (Å²) in [6, 6.07) is 23.5. The van der Waals surface area contributed by atoms with Gasteiger partial charge in [-0.15, -0.1) is 0 Å². The Labute approximate surface area is 123 Å². The molecule has 0 aliphatic carbocycles. The van der Waals surface area contributed by atoms with Crippen LogP contribution in [0.1, 0.15) is 0 Å². The van der Waals surface area contributed by atoms with Crippen molar-refractivity contribution in [3.8, 4) is 22.8 Å². The smallest absolute Gasteiger partial charge is 0.221 e. The molecule has 4 heteroatoms. The normalized spacial score (nSPS) is 10.1. The third-order valence-corrected chi connectivity index (χ3v) is 3.06. The van der Waals surface area contributed by atoms with E-state index in [1.165, 1.54) is 5.56 Å². The molecule has 0 saturated heterocycles. The highest BCUT2D eigenvalue weighted by Crippen LogP contribution is 2.25. The Kier molecular flexibility index (Phi) is 3.80. The number of aromatic nitrogens is 1. The SMILES string of the molecule is NNc1cccc(Oc2ccc(-c3ccccc3)cc2)n1. The van der Waals surface area contributed by atoms with Gasteiger partial charge in [-0.25, -0.2) is 5.84 Å². The fraction of sp³-hybridized carbons (Fsp3) is 0. The third kappa shape index (κ3) is 3.19. The molecule has 104 valence electrons. The predicted molar refractivity (Wildman–Crippen MR) is 84.0 cm³/mol. The van der Waals surface area contributed by atoms with E-state index >= 15 is 0 Å². The standard InChI is InChI=1S/C17H15N3O/c18-20-16-7-4-8-17(19-16)21-15-11-9-14(10-12-15)13-5-2-1-3-6-13/h1-12H,18H2,(H,19,20). The van der Waals surface area contributed by atoms with E-state index in [1.54, 1.807) is 12.1 Å². The van der Waals surface area contributed by atoms with Crippen LogP contribution in [-0.4, -0.2) is 4.98 Å². The Morgan fingerprint density at radius 3 is 2.19 bits per heavy atom. The first-order chi connectivity index (χ1) is 10.3. The number of rotatable bonds is 4. The summed E-state index contributed by atoms with van der Waals surface area (Å²) in [7, 11) is 0. The number of hydrogen-bond donors (Lipinski definition) is 2. The third-order valence-electron chi connectivity index (χ3n) is 3.06. The minimum absolute atomic E-state index is 0.498. The van der Waals surface area contributed by atoms with E-state index in [1.807, 2.05) is 48.5 Å². The van der Waals surface area contributed by atoms with Gasteiger partial charge in [0, 0.05) is 6.07 Å². The van der Waals surface area contributed by atoms with Gasteiger partial charge in [0.15, 0.2) is 0 Å². The minimum Gasteiger partial charge on any atom is -0.439 e. The maximum atomic E-state index is 5.71. The molecule has 3 rings (SSSR count). The average molecular weight is 277 g/mol. The second-order valence-corrected chi connectivity index (χ2v) is 4.50. The number of hydrogen-bond acceptors (Lipinski definition) is 4. The van der Waals surface area contributed by atoms with Crippen molar-refractivity contribution >= 4 is 5.82 Å². The Morgan fingerprint density at radius 1 is 0.762 bits per heavy atom. The molecule has 2 aromatic carbocycles. The molecule has 3 N–H and O–H groups in total. The molecule has 1 aromatic heterocycles. The van der Waals surface area contributed by atoms with E-state index in [0.29, 0.717) is 11.7 Å². The maximum Gasteiger partial charge on any atom is 0.221 e. The van der Waals surface area contributed by atoms with Crippen LogP contribution in [0.5, 0.6) is 11.6 Å². The lowest BCUT2D eigenvalue weighted by atomic mass is 10.1. The molecule has 4 nitrogen and oxygen atoms in total. The number of nitrogens with two attached hydrogens (primary N) is 1. The predicted octanol–water partition coefficient (Wildman–Crippen LogP) is 3.83. The average Bonchev–Trinajstić information content (AvgIpc) is 2.56. The Bertz CT molecular complexity index is 712. The number of nitrogens with zero attached hydrogens (tertiary/aromatic N) is 1. The second-order valence-electron chi connectivity index (χ2n) is 4.50. The number of nitrogens with one attached hydrogen (secondary N) is 1. The molecule has 0 aliphatic heterocycles. The zero-order valence-corrected chi connectivity index (χ0v) is 11.4. The fourth-order valence-electron chi connectivity index (χ4n) is 2.02. The highest BCUT2D eigenvalue weighted by molar-refractivity contribution is 5.64. The first kappa shape index (κ1) is 13.1. The van der Waals surface area contributed by atoms with Gasteiger partial charge in [0.1, 0.15) is 11.6 Å². The summed E-state index contributed by atoms with van der Waals surface area (Å²) in [5.74, 6) is 7.12. The monoisotopic (exact) mass is 277 g/mol. The Morgan fingerprint density at radius 2 is 1.48 bits per heavy atom. The van der Waals surface area contributed by atoms with Crippen molar-refractivity contribution in [3.05, 3.63) is 72.8 Å². The Hall–Kier alpha value is -2.85. The van der Waals surface area contributed by atoms with Crippen LogP contribution in [-0.2, 0) is 0 Å². The number of benzene rings is 2. The van der Waals surface area contributed by atoms with Crippen molar-refractivity contribution in [2.75, 3.05) is 5.43 Å². The van der Waals surface area contributed by atoms with Gasteiger partial charge in [-0.2, -0.15) is 4.98 Å². The molecule has 0 spiro atoms. The van der Waals surface area contributed by atoms with Crippen LogP contribution >= 0.6 is 0 Å². The van der Waals surface area contributed by atoms with Crippen molar-refractivity contribution in [3.63, 3.8) is 0 Å². The minimum atomic E-state index is 0.498. The number of pyridine rings is 1. The van der Waals surface area contributed by atoms with Gasteiger partial charge >= 0.3 is 0 Å². The summed E-state index contributed by atoms with van der Waals surface area (Å²) in [4.78, 5) is 4.21. The molecule has 0 saturated carbocycles. The molecule has 0 radical (unpaired) electrons. The molecule has 1 heterocycles. The van der Waals surface area contributed by atoms with E-state index in [2.05, 4.69) is 22.5 Å². The van der Waals surface area contributed by atoms with Crippen molar-refractivity contribution in [1.82, 2.24) is 4.98 Å². The number of nitrogen functional groups attached to an aromatic ring is 1. The van der Waals surface area contributed by atoms with Gasteiger partial charge in [-0.05, 0) is 29.3 Å². The molecular weight excluding hydrogens is 262 g/mol.